The summed E-state index contributed by atoms with van der Waals surface area (Å²) in [7, 11) is 0. The fourth-order valence-electron chi connectivity index (χ4n) is 11.0. The lowest BCUT2D eigenvalue weighted by atomic mass is 9.67. The minimum absolute atomic E-state index is 0.562. The first-order valence-corrected chi connectivity index (χ1v) is 25.0. The van der Waals surface area contributed by atoms with E-state index in [0.717, 1.165) is 33.4 Å². The second-order valence-corrected chi connectivity index (χ2v) is 19.9. The van der Waals surface area contributed by atoms with E-state index in [1.807, 2.05) is 28.7 Å². The van der Waals surface area contributed by atoms with Crippen LogP contribution in [0.5, 0.6) is 0 Å². The molecule has 0 saturated carbocycles. The number of nitrogens with zero attached hydrogens (tertiary/aromatic N) is 3. The van der Waals surface area contributed by atoms with Crippen molar-refractivity contribution in [3.8, 4) is 67.5 Å². The van der Waals surface area contributed by atoms with Crippen molar-refractivity contribution in [2.75, 3.05) is 0 Å². The van der Waals surface area contributed by atoms with Crippen molar-refractivity contribution >= 4 is 63.0 Å². The standard InChI is InChI=1S/C64H39N3S2/c1-4-19-40(20-5-1)61-65-62(67-63(66-61)53-32-18-34-55-58(53)52-27-10-13-33-54(52)64(55,44-21-6-2-7-22-44)45-23-8-3-9-24-45)43-38-41(46-28-16-30-50-48-25-11-14-35-56(48)68-59(46)50)37-42(39-43)47-29-17-31-51-49-26-12-15-36-57(49)69-60(47)51/h1-39H. The molecule has 3 heterocycles. The maximum Gasteiger partial charge on any atom is 0.164 e. The zero-order valence-corrected chi connectivity index (χ0v) is 38.8. The van der Waals surface area contributed by atoms with Crippen LogP contribution in [0.3, 0.4) is 0 Å². The van der Waals surface area contributed by atoms with E-state index >= 15 is 0 Å². The predicted octanol–water partition coefficient (Wildman–Crippen LogP) is 17.3. The second-order valence-electron chi connectivity index (χ2n) is 17.8. The van der Waals surface area contributed by atoms with Gasteiger partial charge < -0.3 is 0 Å². The van der Waals surface area contributed by atoms with Gasteiger partial charge in [-0.25, -0.2) is 15.0 Å². The number of hydrogen-bond acceptors (Lipinski definition) is 5. The molecule has 1 aliphatic carbocycles. The van der Waals surface area contributed by atoms with Crippen molar-refractivity contribution in [1.29, 1.82) is 0 Å². The molecule has 0 unspecified atom stereocenters. The molecule has 0 N–H and O–H groups in total. The highest BCUT2D eigenvalue weighted by molar-refractivity contribution is 7.26. The van der Waals surface area contributed by atoms with Crippen molar-refractivity contribution in [2.24, 2.45) is 0 Å². The van der Waals surface area contributed by atoms with Crippen LogP contribution in [0.2, 0.25) is 0 Å². The van der Waals surface area contributed by atoms with Gasteiger partial charge in [0.1, 0.15) is 0 Å². The lowest BCUT2D eigenvalue weighted by Gasteiger charge is -2.33. The minimum atomic E-state index is -0.562. The van der Waals surface area contributed by atoms with Crippen LogP contribution in [-0.4, -0.2) is 15.0 Å². The molecule has 13 aromatic rings. The monoisotopic (exact) mass is 913 g/mol. The average molecular weight is 914 g/mol. The molecule has 0 amide bonds. The average Bonchev–Trinajstić information content (AvgIpc) is 4.10. The van der Waals surface area contributed by atoms with Crippen molar-refractivity contribution in [2.45, 2.75) is 5.41 Å². The highest BCUT2D eigenvalue weighted by Crippen LogP contribution is 2.58. The van der Waals surface area contributed by atoms with E-state index in [-0.39, 0.29) is 0 Å². The largest absolute Gasteiger partial charge is 0.208 e. The molecule has 14 rings (SSSR count). The first-order chi connectivity index (χ1) is 34.2. The Morgan fingerprint density at radius 2 is 0.710 bits per heavy atom. The molecule has 3 nitrogen and oxygen atoms in total. The van der Waals surface area contributed by atoms with Gasteiger partial charge >= 0.3 is 0 Å². The van der Waals surface area contributed by atoms with Gasteiger partial charge in [-0.05, 0) is 86.0 Å². The highest BCUT2D eigenvalue weighted by Gasteiger charge is 2.47. The number of hydrogen-bond donors (Lipinski definition) is 0. The Labute approximate surface area is 407 Å². The summed E-state index contributed by atoms with van der Waals surface area (Å²) < 4.78 is 5.09. The summed E-state index contributed by atoms with van der Waals surface area (Å²) in [5.41, 5.74) is 14.1. The van der Waals surface area contributed by atoms with Gasteiger partial charge in [-0.3, -0.25) is 0 Å². The summed E-state index contributed by atoms with van der Waals surface area (Å²) >= 11 is 3.71. The Bertz CT molecular complexity index is 3960. The normalized spacial score (nSPS) is 12.8. The molecule has 5 heteroatoms. The number of thiophene rings is 2. The molecule has 0 radical (unpaired) electrons. The van der Waals surface area contributed by atoms with E-state index in [1.165, 1.54) is 79.3 Å². The maximum absolute atomic E-state index is 5.59. The molecule has 10 aromatic carbocycles. The van der Waals surface area contributed by atoms with Gasteiger partial charge in [0.05, 0.1) is 5.41 Å². The zero-order valence-electron chi connectivity index (χ0n) is 37.2. The van der Waals surface area contributed by atoms with Crippen LogP contribution in [0.1, 0.15) is 22.3 Å². The van der Waals surface area contributed by atoms with Gasteiger partial charge in [0, 0.05) is 57.0 Å². The van der Waals surface area contributed by atoms with E-state index in [1.54, 1.807) is 0 Å². The maximum atomic E-state index is 5.59. The molecular weight excluding hydrogens is 875 g/mol. The van der Waals surface area contributed by atoms with Crippen LogP contribution in [-0.2, 0) is 5.41 Å². The second kappa shape index (κ2) is 15.9. The molecule has 322 valence electrons. The van der Waals surface area contributed by atoms with Gasteiger partial charge in [-0.1, -0.05) is 206 Å². The summed E-state index contributed by atoms with van der Waals surface area (Å²) in [5.74, 6) is 1.88. The molecule has 0 atom stereocenters. The summed E-state index contributed by atoms with van der Waals surface area (Å²) in [5, 5.41) is 5.09. The van der Waals surface area contributed by atoms with Gasteiger partial charge in [-0.15, -0.1) is 22.7 Å². The Balaban J connectivity index is 1.04. The van der Waals surface area contributed by atoms with Crippen LogP contribution in [0.25, 0.3) is 108 Å². The van der Waals surface area contributed by atoms with E-state index < -0.39 is 5.41 Å². The third-order valence-corrected chi connectivity index (χ3v) is 16.5. The van der Waals surface area contributed by atoms with Crippen LogP contribution in [0.4, 0.5) is 0 Å². The third-order valence-electron chi connectivity index (χ3n) is 14.0. The van der Waals surface area contributed by atoms with E-state index in [0.29, 0.717) is 17.5 Å². The van der Waals surface area contributed by atoms with E-state index in [9.17, 15) is 0 Å². The van der Waals surface area contributed by atoms with Gasteiger partial charge in [0.15, 0.2) is 17.5 Å². The SMILES string of the molecule is c1ccc(-c2nc(-c3cc(-c4cccc5c4sc4ccccc45)cc(-c4cccc5c4sc4ccccc45)c3)nc(-c3cccc4c3-c3ccccc3C4(c3ccccc3)c3ccccc3)n2)cc1. The van der Waals surface area contributed by atoms with Crippen LogP contribution < -0.4 is 0 Å². The van der Waals surface area contributed by atoms with Crippen molar-refractivity contribution in [3.05, 3.63) is 259 Å². The zero-order chi connectivity index (χ0) is 45.5. The van der Waals surface area contributed by atoms with Crippen molar-refractivity contribution in [1.82, 2.24) is 15.0 Å². The molecule has 3 aromatic heterocycles. The smallest absolute Gasteiger partial charge is 0.164 e. The summed E-state index contributed by atoms with van der Waals surface area (Å²) in [6.45, 7) is 0. The van der Waals surface area contributed by atoms with Gasteiger partial charge in [-0.2, -0.15) is 0 Å². The molecule has 0 bridgehead atoms. The molecule has 0 fully saturated rings. The molecule has 0 aliphatic heterocycles. The number of benzene rings is 10. The Hall–Kier alpha value is -8.35. The fourth-order valence-corrected chi connectivity index (χ4v) is 13.5. The highest BCUT2D eigenvalue weighted by atomic mass is 32.1. The lowest BCUT2D eigenvalue weighted by molar-refractivity contribution is 0.768. The molecule has 0 saturated heterocycles. The van der Waals surface area contributed by atoms with Gasteiger partial charge in [0.25, 0.3) is 0 Å². The van der Waals surface area contributed by atoms with Crippen molar-refractivity contribution in [3.63, 3.8) is 0 Å². The van der Waals surface area contributed by atoms with Crippen LogP contribution in [0, 0.1) is 0 Å². The quantitative estimate of drug-likeness (QED) is 0.160. The molecule has 69 heavy (non-hydrogen) atoms. The third kappa shape index (κ3) is 6.21. The molecule has 0 spiro atoms. The van der Waals surface area contributed by atoms with E-state index in [2.05, 4.69) is 231 Å². The first kappa shape index (κ1) is 39.8. The number of aromatic nitrogens is 3. The van der Waals surface area contributed by atoms with Gasteiger partial charge in [0.2, 0.25) is 0 Å². The van der Waals surface area contributed by atoms with E-state index in [4.69, 9.17) is 15.0 Å². The molecular formula is C64H39N3S2. The summed E-state index contributed by atoms with van der Waals surface area (Å²) in [6.07, 6.45) is 0. The van der Waals surface area contributed by atoms with Crippen LogP contribution in [0.15, 0.2) is 237 Å². The van der Waals surface area contributed by atoms with Crippen LogP contribution >= 0.6 is 22.7 Å². The lowest BCUT2D eigenvalue weighted by Crippen LogP contribution is -2.28. The number of rotatable bonds is 7. The Morgan fingerprint density at radius 3 is 1.32 bits per heavy atom. The summed E-state index contributed by atoms with van der Waals surface area (Å²) in [6, 6.07) is 85.7. The number of fused-ring (bicyclic) bond motifs is 9. The topological polar surface area (TPSA) is 38.7 Å². The summed E-state index contributed by atoms with van der Waals surface area (Å²) in [4.78, 5) is 16.4. The first-order valence-electron chi connectivity index (χ1n) is 23.3. The minimum Gasteiger partial charge on any atom is -0.208 e. The fraction of sp³-hybridized carbons (Fsp3) is 0.0156. The molecule has 1 aliphatic rings. The predicted molar refractivity (Wildman–Crippen MR) is 290 cm³/mol. The van der Waals surface area contributed by atoms with Crippen molar-refractivity contribution < 1.29 is 0 Å². The Kier molecular flexibility index (Phi) is 9.16. The Morgan fingerprint density at radius 1 is 0.290 bits per heavy atom.